The normalized spacial score (nSPS) is 30.9. The standard InChI is InChI=1S/C21H33N3/c1-14-13-15(2)23-20(22-14)24-12-11-19(16(24)3)17-7-9-18(10-8-17)21(4,5)6/h7-10,14-16,19H,11-13H2,1-6H3,(H,22,23)/t14?,15?,16-,19+/m0/s1. The van der Waals surface area contributed by atoms with Crippen LogP contribution in [0.3, 0.4) is 0 Å². The highest BCUT2D eigenvalue weighted by molar-refractivity contribution is 5.81. The largest absolute Gasteiger partial charge is 0.354 e. The summed E-state index contributed by atoms with van der Waals surface area (Å²) < 4.78 is 0. The molecule has 0 aliphatic carbocycles. The molecular weight excluding hydrogens is 294 g/mol. The summed E-state index contributed by atoms with van der Waals surface area (Å²) in [4.78, 5) is 7.35. The first-order chi connectivity index (χ1) is 11.3. The van der Waals surface area contributed by atoms with Crippen molar-refractivity contribution in [3.05, 3.63) is 35.4 Å². The number of rotatable bonds is 1. The Labute approximate surface area is 147 Å². The number of hydrogen-bond donors (Lipinski definition) is 1. The Kier molecular flexibility index (Phi) is 4.63. The smallest absolute Gasteiger partial charge is 0.194 e. The maximum absolute atomic E-state index is 4.87. The first-order valence-corrected chi connectivity index (χ1v) is 9.47. The van der Waals surface area contributed by atoms with Gasteiger partial charge in [-0.2, -0.15) is 0 Å². The van der Waals surface area contributed by atoms with Crippen molar-refractivity contribution in [2.75, 3.05) is 6.54 Å². The molecule has 3 heteroatoms. The van der Waals surface area contributed by atoms with Gasteiger partial charge in [0.1, 0.15) is 0 Å². The Morgan fingerprint density at radius 2 is 1.75 bits per heavy atom. The fraction of sp³-hybridized carbons (Fsp3) is 0.667. The van der Waals surface area contributed by atoms with Crippen molar-refractivity contribution in [2.45, 2.75) is 83.8 Å². The van der Waals surface area contributed by atoms with Crippen LogP contribution in [0, 0.1) is 0 Å². The third kappa shape index (κ3) is 3.45. The molecule has 0 spiro atoms. The molecule has 2 heterocycles. The maximum Gasteiger partial charge on any atom is 0.194 e. The lowest BCUT2D eigenvalue weighted by molar-refractivity contribution is 0.357. The van der Waals surface area contributed by atoms with Crippen molar-refractivity contribution < 1.29 is 0 Å². The number of nitrogens with zero attached hydrogens (tertiary/aromatic N) is 2. The van der Waals surface area contributed by atoms with Crippen LogP contribution in [-0.4, -0.2) is 35.5 Å². The summed E-state index contributed by atoms with van der Waals surface area (Å²) in [6, 6.07) is 10.7. The zero-order valence-corrected chi connectivity index (χ0v) is 16.1. The van der Waals surface area contributed by atoms with E-state index in [1.165, 1.54) is 17.5 Å². The zero-order valence-electron chi connectivity index (χ0n) is 16.1. The number of nitrogens with one attached hydrogen (secondary N) is 1. The quantitative estimate of drug-likeness (QED) is 0.833. The van der Waals surface area contributed by atoms with E-state index in [9.17, 15) is 0 Å². The minimum absolute atomic E-state index is 0.221. The Morgan fingerprint density at radius 1 is 1.08 bits per heavy atom. The van der Waals surface area contributed by atoms with Crippen molar-refractivity contribution in [1.82, 2.24) is 10.2 Å². The molecule has 2 aliphatic heterocycles. The monoisotopic (exact) mass is 327 g/mol. The van der Waals surface area contributed by atoms with Gasteiger partial charge in [-0.05, 0) is 50.2 Å². The van der Waals surface area contributed by atoms with Crippen LogP contribution >= 0.6 is 0 Å². The summed E-state index contributed by atoms with van der Waals surface area (Å²) in [5.41, 5.74) is 3.10. The van der Waals surface area contributed by atoms with Gasteiger partial charge >= 0.3 is 0 Å². The molecular formula is C21H33N3. The van der Waals surface area contributed by atoms with E-state index < -0.39 is 0 Å². The van der Waals surface area contributed by atoms with E-state index in [2.05, 4.69) is 76.0 Å². The van der Waals surface area contributed by atoms with Gasteiger partial charge in [-0.1, -0.05) is 45.0 Å². The van der Waals surface area contributed by atoms with E-state index >= 15 is 0 Å². The van der Waals surface area contributed by atoms with Gasteiger partial charge in [-0.15, -0.1) is 0 Å². The van der Waals surface area contributed by atoms with Crippen molar-refractivity contribution in [3.8, 4) is 0 Å². The third-order valence-corrected chi connectivity index (χ3v) is 5.64. The van der Waals surface area contributed by atoms with Crippen LogP contribution in [0.5, 0.6) is 0 Å². The van der Waals surface area contributed by atoms with E-state index in [1.807, 2.05) is 0 Å². The van der Waals surface area contributed by atoms with Gasteiger partial charge in [0.2, 0.25) is 0 Å². The van der Waals surface area contributed by atoms with E-state index in [0.29, 0.717) is 24.0 Å². The summed E-state index contributed by atoms with van der Waals surface area (Å²) >= 11 is 0. The average Bonchev–Trinajstić information content (AvgIpc) is 2.87. The molecule has 1 saturated heterocycles. The lowest BCUT2D eigenvalue weighted by Gasteiger charge is -2.34. The van der Waals surface area contributed by atoms with Crippen LogP contribution in [0.2, 0.25) is 0 Å². The van der Waals surface area contributed by atoms with Crippen molar-refractivity contribution in [3.63, 3.8) is 0 Å². The number of hydrogen-bond acceptors (Lipinski definition) is 3. The molecule has 0 amide bonds. The lowest BCUT2D eigenvalue weighted by atomic mass is 9.84. The molecule has 3 rings (SSSR count). The van der Waals surface area contributed by atoms with Gasteiger partial charge in [-0.25, -0.2) is 4.99 Å². The Morgan fingerprint density at radius 3 is 2.33 bits per heavy atom. The highest BCUT2D eigenvalue weighted by Crippen LogP contribution is 2.35. The minimum Gasteiger partial charge on any atom is -0.354 e. The predicted octanol–water partition coefficient (Wildman–Crippen LogP) is 4.29. The lowest BCUT2D eigenvalue weighted by Crippen LogP contribution is -2.50. The van der Waals surface area contributed by atoms with E-state index in [0.717, 1.165) is 18.9 Å². The van der Waals surface area contributed by atoms with Crippen LogP contribution in [0.4, 0.5) is 0 Å². The summed E-state index contributed by atoms with van der Waals surface area (Å²) in [7, 11) is 0. The van der Waals surface area contributed by atoms with Gasteiger partial charge in [-0.3, -0.25) is 0 Å². The molecule has 1 N–H and O–H groups in total. The van der Waals surface area contributed by atoms with Crippen LogP contribution in [0.15, 0.2) is 29.3 Å². The fourth-order valence-electron chi connectivity index (χ4n) is 4.16. The van der Waals surface area contributed by atoms with Crippen molar-refractivity contribution >= 4 is 5.96 Å². The van der Waals surface area contributed by atoms with Gasteiger partial charge in [0.15, 0.2) is 5.96 Å². The number of likely N-dealkylation sites (tertiary alicyclic amines) is 1. The van der Waals surface area contributed by atoms with Gasteiger partial charge in [0.05, 0.1) is 6.04 Å². The summed E-state index contributed by atoms with van der Waals surface area (Å²) in [5, 5.41) is 3.60. The van der Waals surface area contributed by atoms with Gasteiger partial charge in [0.25, 0.3) is 0 Å². The fourth-order valence-corrected chi connectivity index (χ4v) is 4.16. The second-order valence-corrected chi connectivity index (χ2v) is 8.78. The van der Waals surface area contributed by atoms with Crippen LogP contribution in [0.1, 0.15) is 71.4 Å². The third-order valence-electron chi connectivity index (χ3n) is 5.64. The van der Waals surface area contributed by atoms with Crippen LogP contribution in [0.25, 0.3) is 0 Å². The van der Waals surface area contributed by atoms with Gasteiger partial charge in [0, 0.05) is 24.5 Å². The summed E-state index contributed by atoms with van der Waals surface area (Å²) in [6.07, 6.45) is 2.34. The highest BCUT2D eigenvalue weighted by Gasteiger charge is 2.35. The molecule has 2 aliphatic rings. The molecule has 1 fully saturated rings. The Hall–Kier alpha value is -1.51. The van der Waals surface area contributed by atoms with Crippen molar-refractivity contribution in [2.24, 2.45) is 4.99 Å². The van der Waals surface area contributed by atoms with E-state index in [-0.39, 0.29) is 5.41 Å². The Bertz CT molecular complexity index is 597. The molecule has 0 saturated carbocycles. The zero-order chi connectivity index (χ0) is 17.5. The molecule has 132 valence electrons. The van der Waals surface area contributed by atoms with Crippen LogP contribution in [-0.2, 0) is 5.41 Å². The van der Waals surface area contributed by atoms with E-state index in [4.69, 9.17) is 4.99 Å². The summed E-state index contributed by atoms with van der Waals surface area (Å²) in [6.45, 7) is 14.8. The van der Waals surface area contributed by atoms with Gasteiger partial charge < -0.3 is 10.2 Å². The second-order valence-electron chi connectivity index (χ2n) is 8.78. The molecule has 2 unspecified atom stereocenters. The second kappa shape index (κ2) is 6.42. The summed E-state index contributed by atoms with van der Waals surface area (Å²) in [5.74, 6) is 1.71. The Balaban J connectivity index is 1.75. The number of guanidine groups is 1. The average molecular weight is 328 g/mol. The highest BCUT2D eigenvalue weighted by atomic mass is 15.3. The number of benzene rings is 1. The first-order valence-electron chi connectivity index (χ1n) is 9.47. The number of aliphatic imine (C=N–C) groups is 1. The van der Waals surface area contributed by atoms with Crippen molar-refractivity contribution in [1.29, 1.82) is 0 Å². The SMILES string of the molecule is CC1CC(C)NC(N2CC[C@@H](c3ccc(C(C)(C)C)cc3)[C@@H]2C)=N1. The van der Waals surface area contributed by atoms with Crippen LogP contribution < -0.4 is 5.32 Å². The van der Waals surface area contributed by atoms with E-state index in [1.54, 1.807) is 0 Å². The minimum atomic E-state index is 0.221. The molecule has 0 bridgehead atoms. The molecule has 3 nitrogen and oxygen atoms in total. The molecule has 4 atom stereocenters. The molecule has 24 heavy (non-hydrogen) atoms. The molecule has 0 aromatic heterocycles. The molecule has 1 aromatic carbocycles. The first kappa shape index (κ1) is 17.3. The molecule has 0 radical (unpaired) electrons. The topological polar surface area (TPSA) is 27.6 Å². The predicted molar refractivity (Wildman–Crippen MR) is 103 cm³/mol. The maximum atomic E-state index is 4.87. The molecule has 1 aromatic rings.